The van der Waals surface area contributed by atoms with Crippen molar-refractivity contribution < 1.29 is 0 Å². The molecule has 7 heteroatoms. The molecule has 1 heterocycles. The van der Waals surface area contributed by atoms with Gasteiger partial charge in [-0.1, -0.05) is 29.8 Å². The first-order chi connectivity index (χ1) is 12.2. The van der Waals surface area contributed by atoms with Crippen LogP contribution in [-0.4, -0.2) is 75.7 Å². The number of halogens is 2. The van der Waals surface area contributed by atoms with Crippen LogP contribution in [0.25, 0.3) is 0 Å². The van der Waals surface area contributed by atoms with Crippen LogP contribution in [0.2, 0.25) is 5.02 Å². The van der Waals surface area contributed by atoms with Gasteiger partial charge in [-0.25, -0.2) is 0 Å². The number of nitrogens with zero attached hydrogens (tertiary/aromatic N) is 3. The highest BCUT2D eigenvalue weighted by molar-refractivity contribution is 14.0. The molecule has 148 valence electrons. The number of hydrogen-bond acceptors (Lipinski definition) is 3. The summed E-state index contributed by atoms with van der Waals surface area (Å²) in [5.74, 6) is 0.864. The lowest BCUT2D eigenvalue weighted by Crippen LogP contribution is -2.40. The van der Waals surface area contributed by atoms with E-state index in [-0.39, 0.29) is 24.0 Å². The van der Waals surface area contributed by atoms with Crippen molar-refractivity contribution in [1.82, 2.24) is 20.4 Å². The van der Waals surface area contributed by atoms with Gasteiger partial charge in [-0.2, -0.15) is 0 Å². The molecule has 0 unspecified atom stereocenters. The third-order valence-electron chi connectivity index (χ3n) is 4.62. The maximum Gasteiger partial charge on any atom is 0.190 e. The van der Waals surface area contributed by atoms with E-state index in [0.29, 0.717) is 0 Å². The Balaban J connectivity index is 0.00000338. The Kier molecular flexibility index (Phi) is 12.3. The Morgan fingerprint density at radius 2 is 1.88 bits per heavy atom. The average molecular weight is 494 g/mol. The number of likely N-dealkylation sites (N-methyl/N-ethyl adjacent to an activating group) is 1. The minimum Gasteiger partial charge on any atom is -0.356 e. The largest absolute Gasteiger partial charge is 0.356 e. The highest BCUT2D eigenvalue weighted by atomic mass is 127. The molecule has 0 atom stereocenters. The Hall–Kier alpha value is -0.570. The number of benzene rings is 1. The molecule has 0 spiro atoms. The lowest BCUT2D eigenvalue weighted by Gasteiger charge is -2.20. The van der Waals surface area contributed by atoms with Crippen LogP contribution in [-0.2, 0) is 6.42 Å². The van der Waals surface area contributed by atoms with Crippen molar-refractivity contribution in [1.29, 1.82) is 0 Å². The van der Waals surface area contributed by atoms with Crippen molar-refractivity contribution >= 4 is 41.5 Å². The summed E-state index contributed by atoms with van der Waals surface area (Å²) in [6.07, 6.45) is 3.30. The molecule has 5 nitrogen and oxygen atoms in total. The van der Waals surface area contributed by atoms with Crippen molar-refractivity contribution in [3.05, 3.63) is 34.9 Å². The number of rotatable bonds is 7. The summed E-state index contributed by atoms with van der Waals surface area (Å²) in [6.45, 7) is 7.71. The van der Waals surface area contributed by atoms with Gasteiger partial charge < -0.3 is 20.4 Å². The van der Waals surface area contributed by atoms with Crippen molar-refractivity contribution in [2.24, 2.45) is 4.99 Å². The first-order valence-corrected chi connectivity index (χ1v) is 9.65. The van der Waals surface area contributed by atoms with E-state index in [9.17, 15) is 0 Å². The molecule has 26 heavy (non-hydrogen) atoms. The summed E-state index contributed by atoms with van der Waals surface area (Å²) in [7, 11) is 4.03. The molecule has 0 aliphatic carbocycles. The first-order valence-electron chi connectivity index (χ1n) is 9.28. The molecular weight excluding hydrogens is 461 g/mol. The molecule has 1 aromatic carbocycles. The molecule has 2 rings (SSSR count). The Labute approximate surface area is 180 Å². The van der Waals surface area contributed by atoms with Crippen LogP contribution >= 0.6 is 35.6 Å². The Morgan fingerprint density at radius 1 is 1.12 bits per heavy atom. The monoisotopic (exact) mass is 493 g/mol. The van der Waals surface area contributed by atoms with Crippen LogP contribution in [0.15, 0.2) is 29.3 Å². The summed E-state index contributed by atoms with van der Waals surface area (Å²) in [5.41, 5.74) is 1.17. The third kappa shape index (κ3) is 8.88. The second-order valence-corrected chi connectivity index (χ2v) is 7.03. The highest BCUT2D eigenvalue weighted by Crippen LogP contribution is 2.14. The van der Waals surface area contributed by atoms with Crippen LogP contribution in [0, 0.1) is 0 Å². The van der Waals surface area contributed by atoms with Crippen LogP contribution in [0.5, 0.6) is 0 Å². The minimum atomic E-state index is 0. The summed E-state index contributed by atoms with van der Waals surface area (Å²) in [6, 6.07) is 7.99. The van der Waals surface area contributed by atoms with Gasteiger partial charge in [0, 0.05) is 38.2 Å². The molecular formula is C19H33ClIN5. The van der Waals surface area contributed by atoms with E-state index >= 15 is 0 Å². The fourth-order valence-electron chi connectivity index (χ4n) is 3.07. The van der Waals surface area contributed by atoms with Crippen LogP contribution in [0.4, 0.5) is 0 Å². The fraction of sp³-hybridized carbons (Fsp3) is 0.632. The lowest BCUT2D eigenvalue weighted by atomic mass is 10.1. The van der Waals surface area contributed by atoms with Crippen molar-refractivity contribution in [2.75, 3.05) is 59.9 Å². The zero-order valence-corrected chi connectivity index (χ0v) is 19.1. The zero-order valence-electron chi connectivity index (χ0n) is 16.0. The fourth-order valence-corrected chi connectivity index (χ4v) is 3.30. The van der Waals surface area contributed by atoms with Crippen LogP contribution < -0.4 is 10.6 Å². The summed E-state index contributed by atoms with van der Waals surface area (Å²) in [5, 5.41) is 7.59. The predicted molar refractivity (Wildman–Crippen MR) is 123 cm³/mol. The van der Waals surface area contributed by atoms with E-state index in [1.54, 1.807) is 0 Å². The summed E-state index contributed by atoms with van der Waals surface area (Å²) in [4.78, 5) is 9.28. The third-order valence-corrected chi connectivity index (χ3v) is 4.99. The molecule has 0 bridgehead atoms. The maximum absolute atomic E-state index is 6.19. The second kappa shape index (κ2) is 13.6. The first kappa shape index (κ1) is 23.5. The van der Waals surface area contributed by atoms with Gasteiger partial charge in [0.15, 0.2) is 5.96 Å². The number of guanidine groups is 1. The predicted octanol–water partition coefficient (Wildman–Crippen LogP) is 2.69. The summed E-state index contributed by atoms with van der Waals surface area (Å²) >= 11 is 6.19. The Morgan fingerprint density at radius 3 is 2.65 bits per heavy atom. The molecule has 0 radical (unpaired) electrons. The van der Waals surface area contributed by atoms with E-state index in [1.165, 1.54) is 38.2 Å². The van der Waals surface area contributed by atoms with Gasteiger partial charge >= 0.3 is 0 Å². The molecule has 0 amide bonds. The van der Waals surface area contributed by atoms with E-state index in [0.717, 1.165) is 43.5 Å². The van der Waals surface area contributed by atoms with Crippen LogP contribution in [0.3, 0.4) is 0 Å². The Bertz CT molecular complexity index is 540. The molecule has 0 aromatic heterocycles. The van der Waals surface area contributed by atoms with Gasteiger partial charge in [0.05, 0.1) is 0 Å². The van der Waals surface area contributed by atoms with E-state index in [1.807, 2.05) is 25.2 Å². The van der Waals surface area contributed by atoms with Crippen molar-refractivity contribution in [3.8, 4) is 0 Å². The highest BCUT2D eigenvalue weighted by Gasteiger charge is 2.11. The number of hydrogen-bond donors (Lipinski definition) is 2. The van der Waals surface area contributed by atoms with Gasteiger partial charge in [-0.05, 0) is 57.6 Å². The normalized spacial score (nSPS) is 16.7. The maximum atomic E-state index is 6.19. The van der Waals surface area contributed by atoms with E-state index in [2.05, 4.69) is 38.5 Å². The summed E-state index contributed by atoms with van der Waals surface area (Å²) < 4.78 is 0. The molecule has 0 saturated carbocycles. The lowest BCUT2D eigenvalue weighted by molar-refractivity contribution is 0.274. The molecule has 1 aliphatic rings. The topological polar surface area (TPSA) is 42.9 Å². The standard InChI is InChI=1S/C19H32ClN5.HI/c1-21-19(23-11-9-17-7-3-4-8-18(17)20)22-10-5-13-25-14-6-12-24(2)15-16-25;/h3-4,7-8H,5-6,9-16H2,1-2H3,(H2,21,22,23);1H. The van der Waals surface area contributed by atoms with Gasteiger partial charge in [0.1, 0.15) is 0 Å². The van der Waals surface area contributed by atoms with Gasteiger partial charge in [-0.15, -0.1) is 24.0 Å². The average Bonchev–Trinajstić information content (AvgIpc) is 2.83. The van der Waals surface area contributed by atoms with E-state index in [4.69, 9.17) is 11.6 Å². The van der Waals surface area contributed by atoms with Gasteiger partial charge in [0.25, 0.3) is 0 Å². The van der Waals surface area contributed by atoms with Gasteiger partial charge in [-0.3, -0.25) is 4.99 Å². The second-order valence-electron chi connectivity index (χ2n) is 6.62. The molecule has 2 N–H and O–H groups in total. The number of aliphatic imine (C=N–C) groups is 1. The van der Waals surface area contributed by atoms with E-state index < -0.39 is 0 Å². The van der Waals surface area contributed by atoms with Gasteiger partial charge in [0.2, 0.25) is 0 Å². The van der Waals surface area contributed by atoms with Crippen molar-refractivity contribution in [2.45, 2.75) is 19.3 Å². The molecule has 1 fully saturated rings. The zero-order chi connectivity index (χ0) is 17.9. The number of nitrogens with one attached hydrogen (secondary N) is 2. The van der Waals surface area contributed by atoms with Crippen LogP contribution in [0.1, 0.15) is 18.4 Å². The molecule has 1 aromatic rings. The molecule has 1 saturated heterocycles. The quantitative estimate of drug-likeness (QED) is 0.265. The van der Waals surface area contributed by atoms with Crippen molar-refractivity contribution in [3.63, 3.8) is 0 Å². The smallest absolute Gasteiger partial charge is 0.190 e. The molecule has 1 aliphatic heterocycles. The minimum absolute atomic E-state index is 0. The SMILES string of the molecule is CN=C(NCCCN1CCCN(C)CC1)NCCc1ccccc1Cl.I.